The molecule has 0 aliphatic heterocycles. The first-order valence-corrected chi connectivity index (χ1v) is 7.67. The summed E-state index contributed by atoms with van der Waals surface area (Å²) in [4.78, 5) is 57.3. The first-order chi connectivity index (χ1) is 12.6. The number of halogens is 1. The van der Waals surface area contributed by atoms with E-state index in [0.717, 1.165) is 27.3 Å². The fraction of sp³-hybridized carbons (Fsp3) is 0.200. The molecule has 1 amide bonds. The summed E-state index contributed by atoms with van der Waals surface area (Å²) in [5.41, 5.74) is -1.92. The molecule has 1 aromatic heterocycles. The van der Waals surface area contributed by atoms with E-state index in [0.29, 0.717) is 0 Å². The fourth-order valence-electron chi connectivity index (χ4n) is 2.03. The van der Waals surface area contributed by atoms with Gasteiger partial charge in [0.15, 0.2) is 6.61 Å². The zero-order chi connectivity index (χ0) is 20.3. The van der Waals surface area contributed by atoms with Gasteiger partial charge in [-0.2, -0.15) is 0 Å². The number of nitro groups is 1. The Morgan fingerprint density at radius 3 is 2.52 bits per heavy atom. The number of anilines is 1. The molecule has 1 heterocycles. The maximum Gasteiger partial charge on any atom is 0.338 e. The van der Waals surface area contributed by atoms with Gasteiger partial charge in [0.2, 0.25) is 0 Å². The fourth-order valence-corrected chi connectivity index (χ4v) is 2.21. The summed E-state index contributed by atoms with van der Waals surface area (Å²) in [5, 5.41) is 12.9. The Balaban J connectivity index is 2.07. The van der Waals surface area contributed by atoms with Crippen molar-refractivity contribution in [2.45, 2.75) is 0 Å². The summed E-state index contributed by atoms with van der Waals surface area (Å²) in [6.07, 6.45) is 0. The van der Waals surface area contributed by atoms with Crippen molar-refractivity contribution >= 4 is 35.0 Å². The average Bonchev–Trinajstić information content (AvgIpc) is 2.62. The molecular formula is C15H13ClN4O7. The Morgan fingerprint density at radius 1 is 1.22 bits per heavy atom. The summed E-state index contributed by atoms with van der Waals surface area (Å²) in [6, 6.07) is 4.32. The Kier molecular flexibility index (Phi) is 5.75. The molecule has 1 N–H and O–H groups in total. The molecule has 11 nitrogen and oxygen atoms in total. The van der Waals surface area contributed by atoms with Gasteiger partial charge in [-0.25, -0.2) is 9.59 Å². The second-order valence-electron chi connectivity index (χ2n) is 5.32. The number of benzene rings is 1. The van der Waals surface area contributed by atoms with E-state index in [9.17, 15) is 29.3 Å². The van der Waals surface area contributed by atoms with E-state index < -0.39 is 40.3 Å². The van der Waals surface area contributed by atoms with Gasteiger partial charge < -0.3 is 10.1 Å². The zero-order valence-electron chi connectivity index (χ0n) is 14.1. The molecule has 1 aromatic carbocycles. The Morgan fingerprint density at radius 2 is 1.89 bits per heavy atom. The molecule has 2 aromatic rings. The van der Waals surface area contributed by atoms with Crippen LogP contribution in [0.2, 0.25) is 5.02 Å². The molecule has 0 aliphatic carbocycles. The van der Waals surface area contributed by atoms with Gasteiger partial charge in [-0.15, -0.1) is 0 Å². The van der Waals surface area contributed by atoms with Crippen LogP contribution in [0.4, 0.5) is 11.5 Å². The minimum absolute atomic E-state index is 0.0775. The third-order valence-corrected chi connectivity index (χ3v) is 3.83. The first kappa shape index (κ1) is 19.8. The van der Waals surface area contributed by atoms with Crippen molar-refractivity contribution in [3.63, 3.8) is 0 Å². The van der Waals surface area contributed by atoms with Crippen molar-refractivity contribution in [2.24, 2.45) is 14.1 Å². The van der Waals surface area contributed by atoms with Crippen molar-refractivity contribution in [3.05, 3.63) is 65.8 Å². The van der Waals surface area contributed by atoms with Gasteiger partial charge in [0, 0.05) is 26.2 Å². The van der Waals surface area contributed by atoms with Crippen LogP contribution in [0.3, 0.4) is 0 Å². The molecule has 0 radical (unpaired) electrons. The quantitative estimate of drug-likeness (QED) is 0.438. The number of hydrogen-bond acceptors (Lipinski definition) is 7. The summed E-state index contributed by atoms with van der Waals surface area (Å²) < 4.78 is 6.66. The Hall–Kier alpha value is -3.47. The minimum Gasteiger partial charge on any atom is -0.452 e. The van der Waals surface area contributed by atoms with Crippen LogP contribution in [0.1, 0.15) is 10.4 Å². The number of ether oxygens (including phenoxy) is 1. The second-order valence-corrected chi connectivity index (χ2v) is 5.72. The van der Waals surface area contributed by atoms with E-state index in [2.05, 4.69) is 5.32 Å². The van der Waals surface area contributed by atoms with E-state index in [1.54, 1.807) is 0 Å². The maximum atomic E-state index is 11.9. The second kappa shape index (κ2) is 7.83. The van der Waals surface area contributed by atoms with Crippen molar-refractivity contribution in [1.29, 1.82) is 0 Å². The smallest absolute Gasteiger partial charge is 0.338 e. The number of aromatic nitrogens is 2. The summed E-state index contributed by atoms with van der Waals surface area (Å²) in [5.74, 6) is -1.87. The Labute approximate surface area is 155 Å². The highest BCUT2D eigenvalue weighted by atomic mass is 35.5. The van der Waals surface area contributed by atoms with Crippen LogP contribution in [0, 0.1) is 10.1 Å². The normalized spacial score (nSPS) is 10.3. The molecular weight excluding hydrogens is 384 g/mol. The summed E-state index contributed by atoms with van der Waals surface area (Å²) >= 11 is 5.65. The number of hydrogen-bond donors (Lipinski definition) is 1. The van der Waals surface area contributed by atoms with Crippen molar-refractivity contribution in [3.8, 4) is 0 Å². The topological polar surface area (TPSA) is 143 Å². The monoisotopic (exact) mass is 396 g/mol. The largest absolute Gasteiger partial charge is 0.452 e. The van der Waals surface area contributed by atoms with Gasteiger partial charge in [-0.3, -0.25) is 28.8 Å². The molecule has 12 heteroatoms. The number of carbonyl (C=O) groups is 2. The molecule has 0 fully saturated rings. The maximum absolute atomic E-state index is 11.9. The van der Waals surface area contributed by atoms with Crippen molar-refractivity contribution in [1.82, 2.24) is 9.13 Å². The zero-order valence-corrected chi connectivity index (χ0v) is 14.8. The highest BCUT2D eigenvalue weighted by Gasteiger charge is 2.18. The average molecular weight is 397 g/mol. The molecule has 0 saturated carbocycles. The van der Waals surface area contributed by atoms with Gasteiger partial charge in [0.05, 0.1) is 10.5 Å². The number of esters is 1. The van der Waals surface area contributed by atoms with E-state index in [1.807, 2.05) is 0 Å². The van der Waals surface area contributed by atoms with Gasteiger partial charge in [-0.1, -0.05) is 11.6 Å². The third kappa shape index (κ3) is 4.39. The predicted octanol–water partition coefficient (Wildman–Crippen LogP) is 0.441. The lowest BCUT2D eigenvalue weighted by atomic mass is 10.2. The number of nitro benzene ring substituents is 1. The van der Waals surface area contributed by atoms with E-state index in [4.69, 9.17) is 16.3 Å². The molecule has 2 rings (SSSR count). The molecule has 27 heavy (non-hydrogen) atoms. The lowest BCUT2D eigenvalue weighted by Gasteiger charge is -2.11. The highest BCUT2D eigenvalue weighted by molar-refractivity contribution is 6.32. The van der Waals surface area contributed by atoms with Crippen LogP contribution in [-0.2, 0) is 23.6 Å². The standard InChI is InChI=1S/C15H13ClN4O7/c1-18-11(6-13(22)19(2)15(18)24)17-12(21)7-27-14(23)8-3-4-9(16)10(5-8)20(25)26/h3-6H,7H2,1-2H3,(H,17,21). The van der Waals surface area contributed by atoms with E-state index >= 15 is 0 Å². The van der Waals surface area contributed by atoms with E-state index in [1.165, 1.54) is 20.2 Å². The van der Waals surface area contributed by atoms with Gasteiger partial charge >= 0.3 is 11.7 Å². The first-order valence-electron chi connectivity index (χ1n) is 7.29. The van der Waals surface area contributed by atoms with Crippen LogP contribution in [0.5, 0.6) is 0 Å². The van der Waals surface area contributed by atoms with Crippen LogP contribution >= 0.6 is 11.6 Å². The SMILES string of the molecule is Cn1c(NC(=O)COC(=O)c2ccc(Cl)c([N+](=O)[O-])c2)cc(=O)n(C)c1=O. The molecule has 0 unspecified atom stereocenters. The minimum atomic E-state index is -0.984. The molecule has 0 atom stereocenters. The number of rotatable bonds is 5. The number of nitrogens with zero attached hydrogens (tertiary/aromatic N) is 3. The van der Waals surface area contributed by atoms with Gasteiger partial charge in [0.1, 0.15) is 10.8 Å². The van der Waals surface area contributed by atoms with Crippen molar-refractivity contribution in [2.75, 3.05) is 11.9 Å². The third-order valence-electron chi connectivity index (χ3n) is 3.51. The lowest BCUT2D eigenvalue weighted by molar-refractivity contribution is -0.384. The van der Waals surface area contributed by atoms with Crippen molar-refractivity contribution < 1.29 is 19.2 Å². The summed E-state index contributed by atoms with van der Waals surface area (Å²) in [6.45, 7) is -0.737. The molecule has 0 saturated heterocycles. The predicted molar refractivity (Wildman–Crippen MR) is 93.9 cm³/mol. The van der Waals surface area contributed by atoms with Gasteiger partial charge in [0.25, 0.3) is 17.2 Å². The van der Waals surface area contributed by atoms with Crippen LogP contribution in [0.15, 0.2) is 33.9 Å². The highest BCUT2D eigenvalue weighted by Crippen LogP contribution is 2.25. The number of nitrogens with one attached hydrogen (secondary N) is 1. The Bertz CT molecular complexity index is 1060. The molecule has 0 spiro atoms. The molecule has 142 valence electrons. The molecule has 0 bridgehead atoms. The van der Waals surface area contributed by atoms with Crippen LogP contribution < -0.4 is 16.6 Å². The van der Waals surface area contributed by atoms with Crippen LogP contribution in [-0.4, -0.2) is 32.5 Å². The van der Waals surface area contributed by atoms with Crippen LogP contribution in [0.25, 0.3) is 0 Å². The van der Waals surface area contributed by atoms with Gasteiger partial charge in [-0.05, 0) is 12.1 Å². The lowest BCUT2D eigenvalue weighted by Crippen LogP contribution is -2.38. The van der Waals surface area contributed by atoms with E-state index in [-0.39, 0.29) is 16.4 Å². The summed E-state index contributed by atoms with van der Waals surface area (Å²) in [7, 11) is 2.62. The molecule has 0 aliphatic rings. The number of amides is 1. The number of carbonyl (C=O) groups excluding carboxylic acids is 2.